The summed E-state index contributed by atoms with van der Waals surface area (Å²) in [7, 11) is 0. The van der Waals surface area contributed by atoms with Crippen LogP contribution in [0.5, 0.6) is 5.75 Å². The second-order valence-electron chi connectivity index (χ2n) is 7.68. The molecule has 1 aliphatic heterocycles. The van der Waals surface area contributed by atoms with Crippen molar-refractivity contribution >= 4 is 23.7 Å². The fourth-order valence-corrected chi connectivity index (χ4v) is 3.52. The zero-order valence-electron chi connectivity index (χ0n) is 18.0. The molecule has 0 aromatic heterocycles. The Kier molecular flexibility index (Phi) is 7.96. The molecular formula is C24H27N3O5. The molecule has 0 aliphatic carbocycles. The van der Waals surface area contributed by atoms with Crippen molar-refractivity contribution in [2.45, 2.75) is 26.3 Å². The quantitative estimate of drug-likeness (QED) is 0.354. The van der Waals surface area contributed by atoms with Crippen LogP contribution in [0.15, 0.2) is 54.6 Å². The van der Waals surface area contributed by atoms with Crippen LogP contribution >= 0.6 is 0 Å². The summed E-state index contributed by atoms with van der Waals surface area (Å²) in [4.78, 5) is 49.6. The highest BCUT2D eigenvalue weighted by molar-refractivity contribution is 5.94. The van der Waals surface area contributed by atoms with Crippen LogP contribution in [-0.4, -0.2) is 48.2 Å². The van der Waals surface area contributed by atoms with Gasteiger partial charge in [0.05, 0.1) is 5.92 Å². The Morgan fingerprint density at radius 1 is 1.03 bits per heavy atom. The normalized spacial score (nSPS) is 15.3. The van der Waals surface area contributed by atoms with Gasteiger partial charge in [0, 0.05) is 45.1 Å². The Morgan fingerprint density at radius 3 is 2.53 bits per heavy atom. The molecule has 3 amide bonds. The van der Waals surface area contributed by atoms with Crippen molar-refractivity contribution in [1.29, 1.82) is 0 Å². The predicted molar refractivity (Wildman–Crippen MR) is 118 cm³/mol. The van der Waals surface area contributed by atoms with Gasteiger partial charge < -0.3 is 20.3 Å². The van der Waals surface area contributed by atoms with Crippen LogP contribution in [0.3, 0.4) is 0 Å². The molecule has 168 valence electrons. The van der Waals surface area contributed by atoms with Crippen molar-refractivity contribution in [2.24, 2.45) is 5.92 Å². The number of hydrogen-bond acceptors (Lipinski definition) is 5. The number of likely N-dealkylation sites (tertiary alicyclic amines) is 1. The van der Waals surface area contributed by atoms with Crippen molar-refractivity contribution in [3.8, 4) is 5.75 Å². The number of rotatable bonds is 9. The molecule has 8 nitrogen and oxygen atoms in total. The summed E-state index contributed by atoms with van der Waals surface area (Å²) in [5.74, 6) is -0.949. The lowest BCUT2D eigenvalue weighted by molar-refractivity contribution is -0.132. The molecule has 0 radical (unpaired) electrons. The first kappa shape index (κ1) is 23.0. The van der Waals surface area contributed by atoms with Gasteiger partial charge >= 0.3 is 5.97 Å². The zero-order valence-corrected chi connectivity index (χ0v) is 18.0. The monoisotopic (exact) mass is 437 g/mol. The second kappa shape index (κ2) is 11.1. The maximum absolute atomic E-state index is 12.4. The van der Waals surface area contributed by atoms with Gasteiger partial charge in [0.25, 0.3) is 5.91 Å². The topological polar surface area (TPSA) is 105 Å². The summed E-state index contributed by atoms with van der Waals surface area (Å²) in [5.41, 5.74) is 1.42. The Bertz CT molecular complexity index is 977. The average molecular weight is 437 g/mol. The highest BCUT2D eigenvalue weighted by Gasteiger charge is 2.33. The van der Waals surface area contributed by atoms with Gasteiger partial charge in [-0.2, -0.15) is 0 Å². The number of amides is 3. The van der Waals surface area contributed by atoms with Gasteiger partial charge in [-0.1, -0.05) is 36.4 Å². The summed E-state index contributed by atoms with van der Waals surface area (Å²) in [6, 6.07) is 16.1. The van der Waals surface area contributed by atoms with E-state index >= 15 is 0 Å². The molecule has 0 bridgehead atoms. The molecule has 1 fully saturated rings. The van der Waals surface area contributed by atoms with E-state index in [1.54, 1.807) is 23.1 Å². The number of nitrogens with one attached hydrogen (secondary N) is 2. The number of carbonyl (C=O) groups is 4. The van der Waals surface area contributed by atoms with Gasteiger partial charge in [-0.25, -0.2) is 0 Å². The summed E-state index contributed by atoms with van der Waals surface area (Å²) < 4.78 is 4.98. The minimum absolute atomic E-state index is 0.0164. The number of esters is 1. The number of ether oxygens (including phenoxy) is 1. The van der Waals surface area contributed by atoms with E-state index in [2.05, 4.69) is 10.6 Å². The van der Waals surface area contributed by atoms with Gasteiger partial charge in [-0.15, -0.1) is 0 Å². The molecule has 1 saturated heterocycles. The number of carbonyl (C=O) groups excluding carboxylic acids is 4. The Balaban J connectivity index is 1.36. The third-order valence-corrected chi connectivity index (χ3v) is 5.10. The molecule has 2 N–H and O–H groups in total. The lowest BCUT2D eigenvalue weighted by atomic mass is 10.1. The Morgan fingerprint density at radius 2 is 1.78 bits per heavy atom. The van der Waals surface area contributed by atoms with Crippen LogP contribution in [-0.2, 0) is 20.9 Å². The highest BCUT2D eigenvalue weighted by Crippen LogP contribution is 2.20. The number of hydrogen-bond donors (Lipinski definition) is 2. The fourth-order valence-electron chi connectivity index (χ4n) is 3.52. The first-order valence-electron chi connectivity index (χ1n) is 10.6. The van der Waals surface area contributed by atoms with E-state index in [4.69, 9.17) is 4.74 Å². The maximum atomic E-state index is 12.4. The zero-order chi connectivity index (χ0) is 22.9. The average Bonchev–Trinajstić information content (AvgIpc) is 3.14. The van der Waals surface area contributed by atoms with Gasteiger partial charge in [0.1, 0.15) is 5.75 Å². The highest BCUT2D eigenvalue weighted by atomic mass is 16.5. The molecule has 1 unspecified atom stereocenters. The lowest BCUT2D eigenvalue weighted by Crippen LogP contribution is -2.35. The standard InChI is InChI=1S/C24H27N3O5/c1-17(28)32-21-10-5-9-19(13-21)23(30)25-11-6-12-26-24(31)20-14-22(29)27(16-20)15-18-7-3-2-4-8-18/h2-5,7-10,13,20H,6,11-12,14-16H2,1H3,(H,25,30)(H,26,31). The van der Waals surface area contributed by atoms with Crippen molar-refractivity contribution < 1.29 is 23.9 Å². The first-order valence-corrected chi connectivity index (χ1v) is 10.6. The third kappa shape index (κ3) is 6.66. The molecule has 32 heavy (non-hydrogen) atoms. The van der Waals surface area contributed by atoms with Crippen molar-refractivity contribution in [1.82, 2.24) is 15.5 Å². The number of nitrogens with zero attached hydrogens (tertiary/aromatic N) is 1. The Labute approximate surface area is 186 Å². The van der Waals surface area contributed by atoms with E-state index in [-0.39, 0.29) is 30.1 Å². The van der Waals surface area contributed by atoms with Crippen LogP contribution in [0.25, 0.3) is 0 Å². The summed E-state index contributed by atoms with van der Waals surface area (Å²) >= 11 is 0. The molecule has 2 aromatic rings. The smallest absolute Gasteiger partial charge is 0.308 e. The van der Waals surface area contributed by atoms with Crippen LogP contribution in [0.4, 0.5) is 0 Å². The van der Waals surface area contributed by atoms with E-state index in [9.17, 15) is 19.2 Å². The molecular weight excluding hydrogens is 410 g/mol. The van der Waals surface area contributed by atoms with E-state index in [0.29, 0.717) is 43.9 Å². The maximum Gasteiger partial charge on any atom is 0.308 e. The van der Waals surface area contributed by atoms with E-state index in [1.165, 1.54) is 13.0 Å². The van der Waals surface area contributed by atoms with E-state index < -0.39 is 5.97 Å². The second-order valence-corrected chi connectivity index (χ2v) is 7.68. The van der Waals surface area contributed by atoms with Crippen LogP contribution in [0, 0.1) is 5.92 Å². The van der Waals surface area contributed by atoms with Crippen LogP contribution < -0.4 is 15.4 Å². The van der Waals surface area contributed by atoms with Gasteiger partial charge in [0.15, 0.2) is 0 Å². The largest absolute Gasteiger partial charge is 0.427 e. The van der Waals surface area contributed by atoms with Crippen molar-refractivity contribution in [3.05, 3.63) is 65.7 Å². The number of benzene rings is 2. The Hall–Kier alpha value is -3.68. The summed E-state index contributed by atoms with van der Waals surface area (Å²) in [5, 5.41) is 5.62. The fraction of sp³-hybridized carbons (Fsp3) is 0.333. The molecule has 8 heteroatoms. The minimum atomic E-state index is -0.453. The van der Waals surface area contributed by atoms with Gasteiger partial charge in [0.2, 0.25) is 11.8 Å². The summed E-state index contributed by atoms with van der Waals surface area (Å²) in [6.45, 7) is 2.99. The SMILES string of the molecule is CC(=O)Oc1cccc(C(=O)NCCCNC(=O)C2CC(=O)N(Cc3ccccc3)C2)c1. The first-order chi connectivity index (χ1) is 15.4. The lowest BCUT2D eigenvalue weighted by Gasteiger charge is -2.16. The molecule has 1 aliphatic rings. The molecule has 2 aromatic carbocycles. The molecule has 3 rings (SSSR count). The van der Waals surface area contributed by atoms with Crippen LogP contribution in [0.2, 0.25) is 0 Å². The predicted octanol–water partition coefficient (Wildman–Crippen LogP) is 1.90. The van der Waals surface area contributed by atoms with Gasteiger partial charge in [-0.05, 0) is 30.2 Å². The van der Waals surface area contributed by atoms with Crippen LogP contribution in [0.1, 0.15) is 35.7 Å². The summed E-state index contributed by atoms with van der Waals surface area (Å²) in [6.07, 6.45) is 0.767. The molecule has 1 heterocycles. The van der Waals surface area contributed by atoms with E-state index in [1.807, 2.05) is 30.3 Å². The molecule has 1 atom stereocenters. The van der Waals surface area contributed by atoms with Crippen molar-refractivity contribution in [3.63, 3.8) is 0 Å². The van der Waals surface area contributed by atoms with E-state index in [0.717, 1.165) is 5.56 Å². The third-order valence-electron chi connectivity index (χ3n) is 5.10. The minimum Gasteiger partial charge on any atom is -0.427 e. The van der Waals surface area contributed by atoms with Gasteiger partial charge in [-0.3, -0.25) is 19.2 Å². The molecule has 0 saturated carbocycles. The molecule has 0 spiro atoms. The van der Waals surface area contributed by atoms with Crippen molar-refractivity contribution in [2.75, 3.05) is 19.6 Å².